The number of fused-ring (bicyclic) bond motifs is 1. The smallest absolute Gasteiger partial charge is 0.0554 e. The monoisotopic (exact) mass is 651 g/mol. The van der Waals surface area contributed by atoms with Gasteiger partial charge in [0.1, 0.15) is 0 Å². The van der Waals surface area contributed by atoms with E-state index in [-0.39, 0.29) is 0 Å². The zero-order valence-electron chi connectivity index (χ0n) is 27.1. The van der Waals surface area contributed by atoms with Crippen LogP contribution in [0.15, 0.2) is 176 Å². The molecule has 0 fully saturated rings. The van der Waals surface area contributed by atoms with Crippen molar-refractivity contribution in [1.82, 2.24) is 0 Å². The fourth-order valence-corrected chi connectivity index (χ4v) is 9.49. The lowest BCUT2D eigenvalue weighted by Gasteiger charge is -2.28. The van der Waals surface area contributed by atoms with E-state index in [9.17, 15) is 0 Å². The fraction of sp³-hybridized carbons (Fsp3) is 0. The highest BCUT2D eigenvalue weighted by Gasteiger charge is 2.25. The van der Waals surface area contributed by atoms with Gasteiger partial charge in [-0.1, -0.05) is 140 Å². The second-order valence-electron chi connectivity index (χ2n) is 13.3. The number of rotatable bonds is 5. The van der Waals surface area contributed by atoms with Crippen LogP contribution in [0.25, 0.3) is 85.9 Å². The van der Waals surface area contributed by atoms with E-state index in [1.165, 1.54) is 91.6 Å². The van der Waals surface area contributed by atoms with Crippen LogP contribution in [0.2, 0.25) is 0 Å². The molecule has 1 aliphatic rings. The Morgan fingerprint density at radius 3 is 1.52 bits per heavy atom. The van der Waals surface area contributed by atoms with Gasteiger partial charge in [0.25, 0.3) is 0 Å². The summed E-state index contributed by atoms with van der Waals surface area (Å²) in [5, 5.41) is 10.7. The Morgan fingerprint density at radius 1 is 0.340 bits per heavy atom. The van der Waals surface area contributed by atoms with Gasteiger partial charge in [-0.3, -0.25) is 0 Å². The summed E-state index contributed by atoms with van der Waals surface area (Å²) in [6.07, 6.45) is 0. The Labute approximate surface area is 293 Å². The van der Waals surface area contributed by atoms with Crippen molar-refractivity contribution in [3.05, 3.63) is 176 Å². The molecule has 0 amide bonds. The Morgan fingerprint density at radius 2 is 0.880 bits per heavy atom. The molecule has 1 nitrogen and oxygen atoms in total. The van der Waals surface area contributed by atoms with Crippen LogP contribution in [0.5, 0.6) is 0 Å². The van der Waals surface area contributed by atoms with Crippen molar-refractivity contribution in [2.75, 3.05) is 4.90 Å². The molecular weight excluding hydrogens is 623 g/mol. The van der Waals surface area contributed by atoms with Crippen molar-refractivity contribution in [1.29, 1.82) is 0 Å². The van der Waals surface area contributed by atoms with E-state index in [1.807, 2.05) is 11.3 Å². The molecule has 11 rings (SSSR count). The standard InChI is InChI=1S/C48H29NS/c1-3-9-30(10-4-1)32-19-24-36(25-20-32)49(37-26-21-33(22-27-37)31-11-5-2-6-12-31)41-29-43-48-46-39(15-8-16-42(46)50-43)38-14-7-13-34-17-18-35-23-28-40(41)47(48)45(35)44(34)38/h1-29H. The zero-order chi connectivity index (χ0) is 32.8. The van der Waals surface area contributed by atoms with Gasteiger partial charge in [0.15, 0.2) is 0 Å². The third kappa shape index (κ3) is 4.00. The van der Waals surface area contributed by atoms with E-state index in [0.29, 0.717) is 0 Å². The number of thiophene rings is 1. The molecule has 0 spiro atoms. The van der Waals surface area contributed by atoms with Gasteiger partial charge < -0.3 is 4.90 Å². The number of nitrogens with zero attached hydrogens (tertiary/aromatic N) is 1. The molecule has 1 aliphatic carbocycles. The van der Waals surface area contributed by atoms with Crippen LogP contribution in [0.3, 0.4) is 0 Å². The maximum Gasteiger partial charge on any atom is 0.0554 e. The molecule has 0 aliphatic heterocycles. The van der Waals surface area contributed by atoms with Crippen molar-refractivity contribution in [2.24, 2.45) is 0 Å². The fourth-order valence-electron chi connectivity index (χ4n) is 8.31. The van der Waals surface area contributed by atoms with Crippen LogP contribution in [-0.2, 0) is 0 Å². The van der Waals surface area contributed by atoms with Gasteiger partial charge in [-0.05, 0) is 91.3 Å². The largest absolute Gasteiger partial charge is 0.310 e. The van der Waals surface area contributed by atoms with Gasteiger partial charge in [0.05, 0.1) is 5.69 Å². The SMILES string of the molecule is c1ccc(-c2ccc(N(c3ccc(-c4ccccc4)cc3)c3cc4sc5cccc6c5c4c4c3ccc3ccc5cccc-6c5c34)cc2)cc1. The summed E-state index contributed by atoms with van der Waals surface area (Å²) in [5.74, 6) is 0. The van der Waals surface area contributed by atoms with Crippen LogP contribution in [0, 0.1) is 0 Å². The molecule has 10 aromatic rings. The van der Waals surface area contributed by atoms with E-state index in [4.69, 9.17) is 0 Å². The van der Waals surface area contributed by atoms with Gasteiger partial charge in [-0.15, -0.1) is 11.3 Å². The van der Waals surface area contributed by atoms with E-state index in [0.717, 1.165) is 11.4 Å². The third-order valence-corrected chi connectivity index (χ3v) is 11.7. The van der Waals surface area contributed by atoms with Gasteiger partial charge in [0.2, 0.25) is 0 Å². The summed E-state index contributed by atoms with van der Waals surface area (Å²) < 4.78 is 2.66. The Bertz CT molecular complexity index is 2860. The zero-order valence-corrected chi connectivity index (χ0v) is 27.9. The van der Waals surface area contributed by atoms with E-state index in [1.54, 1.807) is 0 Å². The predicted octanol–water partition coefficient (Wildman–Crippen LogP) is 14.3. The van der Waals surface area contributed by atoms with Crippen LogP contribution < -0.4 is 4.90 Å². The molecule has 0 bridgehead atoms. The van der Waals surface area contributed by atoms with Crippen LogP contribution >= 0.6 is 11.3 Å². The normalized spacial score (nSPS) is 12.0. The quantitative estimate of drug-likeness (QED) is 0.167. The maximum atomic E-state index is 2.46. The van der Waals surface area contributed by atoms with Gasteiger partial charge in [-0.25, -0.2) is 0 Å². The molecule has 0 saturated carbocycles. The lowest BCUT2D eigenvalue weighted by Crippen LogP contribution is -2.10. The second-order valence-corrected chi connectivity index (χ2v) is 14.4. The van der Waals surface area contributed by atoms with Crippen molar-refractivity contribution < 1.29 is 0 Å². The molecule has 1 heterocycles. The minimum atomic E-state index is 1.13. The molecule has 232 valence electrons. The summed E-state index contributed by atoms with van der Waals surface area (Å²) in [6.45, 7) is 0. The average molecular weight is 652 g/mol. The highest BCUT2D eigenvalue weighted by molar-refractivity contribution is 7.26. The first kappa shape index (κ1) is 27.7. The van der Waals surface area contributed by atoms with Gasteiger partial charge >= 0.3 is 0 Å². The summed E-state index contributed by atoms with van der Waals surface area (Å²) in [7, 11) is 0. The molecule has 0 radical (unpaired) electrons. The molecule has 1 aromatic heterocycles. The van der Waals surface area contributed by atoms with Crippen molar-refractivity contribution in [2.45, 2.75) is 0 Å². The van der Waals surface area contributed by atoms with Gasteiger partial charge in [-0.2, -0.15) is 0 Å². The van der Waals surface area contributed by atoms with Crippen molar-refractivity contribution in [3.8, 4) is 33.4 Å². The summed E-state index contributed by atoms with van der Waals surface area (Å²) >= 11 is 1.91. The predicted molar refractivity (Wildman–Crippen MR) is 216 cm³/mol. The van der Waals surface area contributed by atoms with E-state index in [2.05, 4.69) is 181 Å². The van der Waals surface area contributed by atoms with Crippen LogP contribution in [0.1, 0.15) is 0 Å². The number of benzene rings is 9. The lowest BCUT2D eigenvalue weighted by atomic mass is 9.92. The summed E-state index contributed by atoms with van der Waals surface area (Å²) in [5.41, 5.74) is 11.0. The molecular formula is C48H29NS. The first-order valence-corrected chi connectivity index (χ1v) is 18.0. The number of hydrogen-bond donors (Lipinski definition) is 0. The molecule has 0 atom stereocenters. The van der Waals surface area contributed by atoms with Crippen molar-refractivity contribution >= 4 is 80.9 Å². The number of hydrogen-bond acceptors (Lipinski definition) is 2. The van der Waals surface area contributed by atoms with Gasteiger partial charge in [0, 0.05) is 42.3 Å². The molecule has 0 N–H and O–H groups in total. The Kier molecular flexibility index (Phi) is 5.89. The van der Waals surface area contributed by atoms with Crippen LogP contribution in [0.4, 0.5) is 17.1 Å². The highest BCUT2D eigenvalue weighted by Crippen LogP contribution is 2.54. The molecule has 2 heteroatoms. The number of anilines is 3. The highest BCUT2D eigenvalue weighted by atomic mass is 32.1. The first-order chi connectivity index (χ1) is 24.8. The van der Waals surface area contributed by atoms with Crippen LogP contribution in [-0.4, -0.2) is 0 Å². The van der Waals surface area contributed by atoms with E-state index >= 15 is 0 Å². The first-order valence-electron chi connectivity index (χ1n) is 17.2. The maximum absolute atomic E-state index is 2.46. The molecule has 9 aromatic carbocycles. The Hall–Kier alpha value is -6.22. The summed E-state index contributed by atoms with van der Waals surface area (Å²) in [4.78, 5) is 2.46. The average Bonchev–Trinajstić information content (AvgIpc) is 3.51. The minimum Gasteiger partial charge on any atom is -0.310 e. The Balaban J connectivity index is 1.23. The molecule has 50 heavy (non-hydrogen) atoms. The third-order valence-electron chi connectivity index (χ3n) is 10.6. The lowest BCUT2D eigenvalue weighted by molar-refractivity contribution is 1.30. The molecule has 0 unspecified atom stereocenters. The minimum absolute atomic E-state index is 1.13. The second kappa shape index (κ2) is 10.6. The summed E-state index contributed by atoms with van der Waals surface area (Å²) in [6, 6.07) is 64.8. The topological polar surface area (TPSA) is 3.24 Å². The van der Waals surface area contributed by atoms with E-state index < -0.39 is 0 Å². The van der Waals surface area contributed by atoms with Crippen molar-refractivity contribution in [3.63, 3.8) is 0 Å². The molecule has 0 saturated heterocycles.